The van der Waals surface area contributed by atoms with Crippen molar-refractivity contribution in [3.8, 4) is 11.5 Å². The lowest BCUT2D eigenvalue weighted by atomic mass is 10.1. The fourth-order valence-corrected chi connectivity index (χ4v) is 6.36. The molecular formula is C26H30N2O5S2. The Bertz CT molecular complexity index is 1300. The van der Waals surface area contributed by atoms with Crippen LogP contribution < -0.4 is 9.47 Å². The van der Waals surface area contributed by atoms with E-state index in [1.54, 1.807) is 54.3 Å². The predicted molar refractivity (Wildman–Crippen MR) is 136 cm³/mol. The highest BCUT2D eigenvalue weighted by Gasteiger charge is 2.31. The summed E-state index contributed by atoms with van der Waals surface area (Å²) in [4.78, 5) is 16.6. The van der Waals surface area contributed by atoms with E-state index in [0.717, 1.165) is 21.6 Å². The third-order valence-corrected chi connectivity index (χ3v) is 9.00. The van der Waals surface area contributed by atoms with Crippen molar-refractivity contribution in [1.29, 1.82) is 0 Å². The molecular weight excluding hydrogens is 484 g/mol. The fourth-order valence-electron chi connectivity index (χ4n) is 3.86. The highest BCUT2D eigenvalue weighted by atomic mass is 32.2. The van der Waals surface area contributed by atoms with Crippen molar-refractivity contribution in [1.82, 2.24) is 9.21 Å². The molecule has 0 atom stereocenters. The number of benzene rings is 2. The minimum atomic E-state index is -3.84. The standard InChI is InChI=1S/C26H30N2O5S2/c1-18(2)28(35(30,31)22-8-5-19(3)6-9-22)16-26(29)27(15-25-20(4)11-12-34-25)14-21-7-10-23-24(13-21)33-17-32-23/h5-13,18H,14-17H2,1-4H3. The number of nitrogens with zero attached hydrogens (tertiary/aromatic N) is 2. The average molecular weight is 515 g/mol. The van der Waals surface area contributed by atoms with E-state index in [0.29, 0.717) is 24.6 Å². The summed E-state index contributed by atoms with van der Waals surface area (Å²) in [7, 11) is -3.84. The lowest BCUT2D eigenvalue weighted by molar-refractivity contribution is -0.132. The van der Waals surface area contributed by atoms with Gasteiger partial charge in [0.25, 0.3) is 0 Å². The summed E-state index contributed by atoms with van der Waals surface area (Å²) in [5, 5.41) is 2.00. The second kappa shape index (κ2) is 10.4. The maximum absolute atomic E-state index is 13.6. The third kappa shape index (κ3) is 5.69. The van der Waals surface area contributed by atoms with E-state index in [9.17, 15) is 13.2 Å². The number of hydrogen-bond donors (Lipinski definition) is 0. The molecule has 1 amide bonds. The number of amides is 1. The molecule has 186 valence electrons. The average Bonchev–Trinajstić information content (AvgIpc) is 3.45. The zero-order chi connectivity index (χ0) is 25.2. The molecule has 0 aliphatic carbocycles. The summed E-state index contributed by atoms with van der Waals surface area (Å²) in [5.74, 6) is 1.06. The number of hydrogen-bond acceptors (Lipinski definition) is 6. The van der Waals surface area contributed by atoms with E-state index in [4.69, 9.17) is 9.47 Å². The first-order chi connectivity index (χ1) is 16.6. The van der Waals surface area contributed by atoms with Crippen molar-refractivity contribution < 1.29 is 22.7 Å². The van der Waals surface area contributed by atoms with Crippen LogP contribution in [0.25, 0.3) is 0 Å². The molecule has 3 aromatic rings. The number of thiophene rings is 1. The minimum Gasteiger partial charge on any atom is -0.454 e. The maximum atomic E-state index is 13.6. The van der Waals surface area contributed by atoms with Crippen LogP contribution in [0.3, 0.4) is 0 Å². The van der Waals surface area contributed by atoms with Crippen LogP contribution in [0.2, 0.25) is 0 Å². The lowest BCUT2D eigenvalue weighted by Crippen LogP contribution is -2.45. The number of carbonyl (C=O) groups excluding carboxylic acids is 1. The normalized spacial score (nSPS) is 13.0. The number of sulfonamides is 1. The number of aryl methyl sites for hydroxylation is 2. The fraction of sp³-hybridized carbons (Fsp3) is 0.346. The monoisotopic (exact) mass is 514 g/mol. The first kappa shape index (κ1) is 25.2. The maximum Gasteiger partial charge on any atom is 0.243 e. The molecule has 0 fully saturated rings. The van der Waals surface area contributed by atoms with Crippen molar-refractivity contribution in [3.05, 3.63) is 75.5 Å². The Hall–Kier alpha value is -2.88. The summed E-state index contributed by atoms with van der Waals surface area (Å²) >= 11 is 1.58. The van der Waals surface area contributed by atoms with E-state index in [-0.39, 0.29) is 30.2 Å². The van der Waals surface area contributed by atoms with Crippen molar-refractivity contribution in [2.75, 3.05) is 13.3 Å². The molecule has 4 rings (SSSR count). The van der Waals surface area contributed by atoms with E-state index < -0.39 is 10.0 Å². The molecule has 1 aromatic heterocycles. The van der Waals surface area contributed by atoms with Crippen LogP contribution >= 0.6 is 11.3 Å². The van der Waals surface area contributed by atoms with Crippen LogP contribution in [0.4, 0.5) is 0 Å². The van der Waals surface area contributed by atoms with Gasteiger partial charge in [0.15, 0.2) is 11.5 Å². The van der Waals surface area contributed by atoms with Gasteiger partial charge < -0.3 is 14.4 Å². The second-order valence-electron chi connectivity index (χ2n) is 8.92. The van der Waals surface area contributed by atoms with E-state index in [2.05, 4.69) is 0 Å². The largest absolute Gasteiger partial charge is 0.454 e. The molecule has 1 aliphatic heterocycles. The van der Waals surface area contributed by atoms with Gasteiger partial charge in [0.2, 0.25) is 22.7 Å². The molecule has 0 radical (unpaired) electrons. The molecule has 0 N–H and O–H groups in total. The van der Waals surface area contributed by atoms with Gasteiger partial charge in [-0.25, -0.2) is 8.42 Å². The van der Waals surface area contributed by atoms with Gasteiger partial charge in [-0.15, -0.1) is 11.3 Å². The highest BCUT2D eigenvalue weighted by molar-refractivity contribution is 7.89. The molecule has 0 unspecified atom stereocenters. The van der Waals surface area contributed by atoms with Crippen LogP contribution in [0.5, 0.6) is 11.5 Å². The highest BCUT2D eigenvalue weighted by Crippen LogP contribution is 2.33. The van der Waals surface area contributed by atoms with Gasteiger partial charge in [-0.2, -0.15) is 4.31 Å². The number of carbonyl (C=O) groups is 1. The minimum absolute atomic E-state index is 0.177. The molecule has 0 spiro atoms. The summed E-state index contributed by atoms with van der Waals surface area (Å²) in [6, 6.07) is 13.9. The lowest BCUT2D eigenvalue weighted by Gasteiger charge is -2.29. The Labute approximate surface area is 210 Å². The Morgan fingerprint density at radius 2 is 1.71 bits per heavy atom. The molecule has 2 heterocycles. The van der Waals surface area contributed by atoms with Gasteiger partial charge in [-0.1, -0.05) is 23.8 Å². The zero-order valence-electron chi connectivity index (χ0n) is 20.4. The van der Waals surface area contributed by atoms with Gasteiger partial charge in [-0.05, 0) is 74.5 Å². The van der Waals surface area contributed by atoms with Crippen molar-refractivity contribution >= 4 is 27.3 Å². The van der Waals surface area contributed by atoms with Crippen molar-refractivity contribution in [3.63, 3.8) is 0 Å². The molecule has 9 heteroatoms. The summed E-state index contributed by atoms with van der Waals surface area (Å²) < 4.78 is 39.0. The predicted octanol–water partition coefficient (Wildman–Crippen LogP) is 4.72. The van der Waals surface area contributed by atoms with Crippen LogP contribution in [0.1, 0.15) is 35.4 Å². The third-order valence-electron chi connectivity index (χ3n) is 5.96. The molecule has 2 aromatic carbocycles. The first-order valence-electron chi connectivity index (χ1n) is 11.4. The van der Waals surface area contributed by atoms with E-state index in [1.165, 1.54) is 4.31 Å². The van der Waals surface area contributed by atoms with Gasteiger partial charge in [0.05, 0.1) is 18.0 Å². The van der Waals surface area contributed by atoms with Crippen LogP contribution in [0.15, 0.2) is 58.8 Å². The first-order valence-corrected chi connectivity index (χ1v) is 13.7. The van der Waals surface area contributed by atoms with Gasteiger partial charge in [0, 0.05) is 17.5 Å². The number of fused-ring (bicyclic) bond motifs is 1. The van der Waals surface area contributed by atoms with Crippen LogP contribution in [-0.2, 0) is 27.9 Å². The summed E-state index contributed by atoms with van der Waals surface area (Å²) in [5.41, 5.74) is 2.96. The molecule has 0 bridgehead atoms. The quantitative estimate of drug-likeness (QED) is 0.413. The molecule has 7 nitrogen and oxygen atoms in total. The van der Waals surface area contributed by atoms with Crippen LogP contribution in [-0.4, -0.2) is 42.9 Å². The Morgan fingerprint density at radius 3 is 2.37 bits per heavy atom. The van der Waals surface area contributed by atoms with Crippen molar-refractivity contribution in [2.45, 2.75) is 51.7 Å². The SMILES string of the molecule is Cc1ccc(S(=O)(=O)N(CC(=O)N(Cc2ccc3c(c2)OCO3)Cc2sccc2C)C(C)C)cc1. The molecule has 35 heavy (non-hydrogen) atoms. The van der Waals surface area contributed by atoms with E-state index in [1.807, 2.05) is 43.5 Å². The molecule has 0 saturated carbocycles. The Kier molecular flexibility index (Phi) is 7.49. The second-order valence-corrected chi connectivity index (χ2v) is 11.8. The topological polar surface area (TPSA) is 76.2 Å². The number of rotatable bonds is 9. The Morgan fingerprint density at radius 1 is 1.00 bits per heavy atom. The van der Waals surface area contributed by atoms with E-state index >= 15 is 0 Å². The van der Waals surface area contributed by atoms with Gasteiger partial charge >= 0.3 is 0 Å². The Balaban J connectivity index is 1.60. The molecule has 0 saturated heterocycles. The van der Waals surface area contributed by atoms with Crippen molar-refractivity contribution in [2.24, 2.45) is 0 Å². The van der Waals surface area contributed by atoms with Gasteiger partial charge in [-0.3, -0.25) is 4.79 Å². The summed E-state index contributed by atoms with van der Waals surface area (Å²) in [6.45, 7) is 8.13. The summed E-state index contributed by atoms with van der Waals surface area (Å²) in [6.07, 6.45) is 0. The zero-order valence-corrected chi connectivity index (χ0v) is 22.0. The van der Waals surface area contributed by atoms with Gasteiger partial charge in [0.1, 0.15) is 0 Å². The van der Waals surface area contributed by atoms with Crippen LogP contribution in [0, 0.1) is 13.8 Å². The number of ether oxygens (including phenoxy) is 2. The molecule has 1 aliphatic rings. The smallest absolute Gasteiger partial charge is 0.243 e.